The van der Waals surface area contributed by atoms with E-state index in [1.54, 1.807) is 30.4 Å². The van der Waals surface area contributed by atoms with Crippen LogP contribution in [-0.4, -0.2) is 45.6 Å². The maximum atomic E-state index is 13.2. The van der Waals surface area contributed by atoms with Gasteiger partial charge in [0.15, 0.2) is 17.0 Å². The molecule has 4 heterocycles. The standard InChI is InChI=1S/C23H27FN6O/c1-28(18-8-6-17(24)7-9-18)23(31)16-10-13-29(14-11-16)21-20-22(26-15-25-21)30-12-4-2-3-5-19(30)27-20/h6-9,15-16H,2-5,10-14H2,1H3. The van der Waals surface area contributed by atoms with Gasteiger partial charge >= 0.3 is 0 Å². The molecule has 0 N–H and O–H groups in total. The average Bonchev–Trinajstić information content (AvgIpc) is 2.99. The molecule has 1 fully saturated rings. The molecule has 2 aliphatic heterocycles. The number of nitrogens with zero attached hydrogens (tertiary/aromatic N) is 6. The van der Waals surface area contributed by atoms with Crippen molar-refractivity contribution in [2.75, 3.05) is 29.9 Å². The number of aromatic nitrogens is 4. The minimum absolute atomic E-state index is 0.0534. The zero-order valence-corrected chi connectivity index (χ0v) is 17.8. The Hall–Kier alpha value is -3.03. The van der Waals surface area contributed by atoms with Crippen molar-refractivity contribution in [3.05, 3.63) is 42.2 Å². The number of fused-ring (bicyclic) bond motifs is 3. The Morgan fingerprint density at radius 3 is 2.61 bits per heavy atom. The lowest BCUT2D eigenvalue weighted by atomic mass is 9.95. The molecule has 0 aliphatic carbocycles. The summed E-state index contributed by atoms with van der Waals surface area (Å²) in [7, 11) is 1.76. The van der Waals surface area contributed by atoms with Crippen LogP contribution in [0.3, 0.4) is 0 Å². The molecule has 1 aromatic carbocycles. The van der Waals surface area contributed by atoms with Gasteiger partial charge < -0.3 is 14.4 Å². The van der Waals surface area contributed by atoms with Crippen molar-refractivity contribution in [1.82, 2.24) is 19.5 Å². The molecular weight excluding hydrogens is 395 g/mol. The van der Waals surface area contributed by atoms with Crippen LogP contribution in [0.5, 0.6) is 0 Å². The Labute approximate surface area is 180 Å². The second-order valence-corrected chi connectivity index (χ2v) is 8.49. The number of hydrogen-bond acceptors (Lipinski definition) is 5. The lowest BCUT2D eigenvalue weighted by Gasteiger charge is -2.33. The Kier molecular flexibility index (Phi) is 5.29. The summed E-state index contributed by atoms with van der Waals surface area (Å²) < 4.78 is 15.4. The fourth-order valence-corrected chi connectivity index (χ4v) is 4.76. The van der Waals surface area contributed by atoms with Crippen LogP contribution in [0.25, 0.3) is 11.2 Å². The summed E-state index contributed by atoms with van der Waals surface area (Å²) in [6, 6.07) is 6.05. The van der Waals surface area contributed by atoms with E-state index < -0.39 is 0 Å². The van der Waals surface area contributed by atoms with Gasteiger partial charge in [-0.05, 0) is 49.9 Å². The highest BCUT2D eigenvalue weighted by Gasteiger charge is 2.30. The second-order valence-electron chi connectivity index (χ2n) is 8.49. The van der Waals surface area contributed by atoms with E-state index in [0.29, 0.717) is 5.69 Å². The van der Waals surface area contributed by atoms with Crippen molar-refractivity contribution in [3.8, 4) is 0 Å². The van der Waals surface area contributed by atoms with Crippen LogP contribution in [0.1, 0.15) is 37.9 Å². The Morgan fingerprint density at radius 1 is 1.06 bits per heavy atom. The van der Waals surface area contributed by atoms with Crippen LogP contribution in [0.15, 0.2) is 30.6 Å². The third kappa shape index (κ3) is 3.75. The van der Waals surface area contributed by atoms with Crippen molar-refractivity contribution < 1.29 is 9.18 Å². The van der Waals surface area contributed by atoms with E-state index in [-0.39, 0.29) is 17.6 Å². The molecule has 162 valence electrons. The van der Waals surface area contributed by atoms with Crippen molar-refractivity contribution in [3.63, 3.8) is 0 Å². The highest BCUT2D eigenvalue weighted by atomic mass is 19.1. The van der Waals surface area contributed by atoms with Crippen molar-refractivity contribution in [2.24, 2.45) is 5.92 Å². The van der Waals surface area contributed by atoms with Gasteiger partial charge in [0, 0.05) is 44.7 Å². The lowest BCUT2D eigenvalue weighted by Crippen LogP contribution is -2.41. The zero-order valence-electron chi connectivity index (χ0n) is 17.8. The van der Waals surface area contributed by atoms with E-state index >= 15 is 0 Å². The number of aryl methyl sites for hydroxylation is 2. The van der Waals surface area contributed by atoms with Crippen molar-refractivity contribution in [2.45, 2.75) is 45.1 Å². The molecule has 7 nitrogen and oxygen atoms in total. The monoisotopic (exact) mass is 422 g/mol. The van der Waals surface area contributed by atoms with Gasteiger partial charge in [-0.3, -0.25) is 4.79 Å². The maximum absolute atomic E-state index is 13.2. The Morgan fingerprint density at radius 2 is 1.84 bits per heavy atom. The van der Waals surface area contributed by atoms with Gasteiger partial charge in [0.1, 0.15) is 18.0 Å². The molecule has 0 atom stereocenters. The van der Waals surface area contributed by atoms with Gasteiger partial charge in [0.25, 0.3) is 0 Å². The fraction of sp³-hybridized carbons (Fsp3) is 0.478. The summed E-state index contributed by atoms with van der Waals surface area (Å²) in [6.07, 6.45) is 7.69. The number of anilines is 2. The van der Waals surface area contributed by atoms with Gasteiger partial charge in [-0.25, -0.2) is 19.3 Å². The smallest absolute Gasteiger partial charge is 0.229 e. The molecule has 1 amide bonds. The SMILES string of the molecule is CN(C(=O)C1CCN(c2ncnc3c2nc2n3CCCCC2)CC1)c1ccc(F)cc1. The number of rotatable bonds is 3. The van der Waals surface area contributed by atoms with Crippen LogP contribution in [0.4, 0.5) is 15.9 Å². The molecule has 0 spiro atoms. The molecule has 0 saturated carbocycles. The second kappa shape index (κ2) is 8.24. The van der Waals surface area contributed by atoms with Crippen LogP contribution >= 0.6 is 0 Å². The summed E-state index contributed by atoms with van der Waals surface area (Å²) in [6.45, 7) is 2.47. The van der Waals surface area contributed by atoms with Crippen molar-refractivity contribution >= 4 is 28.6 Å². The predicted molar refractivity (Wildman–Crippen MR) is 118 cm³/mol. The highest BCUT2D eigenvalue weighted by Crippen LogP contribution is 2.30. The average molecular weight is 423 g/mol. The van der Waals surface area contributed by atoms with Crippen molar-refractivity contribution in [1.29, 1.82) is 0 Å². The third-order valence-electron chi connectivity index (χ3n) is 6.56. The van der Waals surface area contributed by atoms with Crippen LogP contribution in [0.2, 0.25) is 0 Å². The minimum atomic E-state index is -0.300. The van der Waals surface area contributed by atoms with E-state index in [2.05, 4.69) is 19.4 Å². The van der Waals surface area contributed by atoms with Gasteiger partial charge in [-0.2, -0.15) is 0 Å². The van der Waals surface area contributed by atoms with Crippen LogP contribution < -0.4 is 9.80 Å². The number of halogens is 1. The zero-order chi connectivity index (χ0) is 21.4. The van der Waals surface area contributed by atoms with Crippen LogP contribution in [0, 0.1) is 11.7 Å². The van der Waals surface area contributed by atoms with E-state index in [0.717, 1.165) is 68.1 Å². The van der Waals surface area contributed by atoms with E-state index in [9.17, 15) is 9.18 Å². The quantitative estimate of drug-likeness (QED) is 0.646. The number of piperidine rings is 1. The molecular formula is C23H27FN6O. The molecule has 1 saturated heterocycles. The van der Waals surface area contributed by atoms with Gasteiger partial charge in [-0.1, -0.05) is 6.42 Å². The largest absolute Gasteiger partial charge is 0.355 e. The fourth-order valence-electron chi connectivity index (χ4n) is 4.76. The molecule has 0 radical (unpaired) electrons. The molecule has 5 rings (SSSR count). The molecule has 0 unspecified atom stereocenters. The molecule has 0 bridgehead atoms. The Balaban J connectivity index is 1.31. The summed E-state index contributed by atoms with van der Waals surface area (Å²) in [5, 5.41) is 0. The number of carbonyl (C=O) groups is 1. The summed E-state index contributed by atoms with van der Waals surface area (Å²) in [5.41, 5.74) is 2.52. The number of imidazole rings is 1. The summed E-state index contributed by atoms with van der Waals surface area (Å²) >= 11 is 0. The molecule has 3 aromatic rings. The van der Waals surface area contributed by atoms with E-state index in [1.165, 1.54) is 25.0 Å². The third-order valence-corrected chi connectivity index (χ3v) is 6.56. The summed E-state index contributed by atoms with van der Waals surface area (Å²) in [4.78, 5) is 30.9. The van der Waals surface area contributed by atoms with E-state index in [1.807, 2.05) is 0 Å². The Bertz CT molecular complexity index is 1090. The maximum Gasteiger partial charge on any atom is 0.229 e. The first-order valence-electron chi connectivity index (χ1n) is 11.1. The number of benzene rings is 1. The first kappa shape index (κ1) is 19.9. The number of carbonyl (C=O) groups excluding carboxylic acids is 1. The first-order valence-corrected chi connectivity index (χ1v) is 11.1. The molecule has 2 aromatic heterocycles. The highest BCUT2D eigenvalue weighted by molar-refractivity contribution is 5.94. The molecule has 31 heavy (non-hydrogen) atoms. The van der Waals surface area contributed by atoms with E-state index in [4.69, 9.17) is 4.98 Å². The normalized spacial score (nSPS) is 17.4. The number of amides is 1. The number of hydrogen-bond donors (Lipinski definition) is 0. The summed E-state index contributed by atoms with van der Waals surface area (Å²) in [5.74, 6) is 1.71. The first-order chi connectivity index (χ1) is 15.1. The molecule has 8 heteroatoms. The minimum Gasteiger partial charge on any atom is -0.355 e. The molecule has 2 aliphatic rings. The van der Waals surface area contributed by atoms with Gasteiger partial charge in [-0.15, -0.1) is 0 Å². The van der Waals surface area contributed by atoms with Gasteiger partial charge in [0.2, 0.25) is 5.91 Å². The van der Waals surface area contributed by atoms with Crippen LogP contribution in [-0.2, 0) is 17.8 Å². The topological polar surface area (TPSA) is 67.2 Å². The van der Waals surface area contributed by atoms with Gasteiger partial charge in [0.05, 0.1) is 0 Å². The lowest BCUT2D eigenvalue weighted by molar-refractivity contribution is -0.122. The predicted octanol–water partition coefficient (Wildman–Crippen LogP) is 3.57.